The summed E-state index contributed by atoms with van der Waals surface area (Å²) in [5.74, 6) is -0.518. The number of sulfonamides is 1. The van der Waals surface area contributed by atoms with Gasteiger partial charge in [0, 0.05) is 18.7 Å². The van der Waals surface area contributed by atoms with Gasteiger partial charge in [-0.15, -0.1) is 0 Å². The summed E-state index contributed by atoms with van der Waals surface area (Å²) in [6.07, 6.45) is 0. The second-order valence-electron chi connectivity index (χ2n) is 4.90. The molecule has 1 fully saturated rings. The number of rotatable bonds is 5. The molecule has 22 heavy (non-hydrogen) atoms. The first kappa shape index (κ1) is 16.6. The molecule has 1 aliphatic heterocycles. The number of ether oxygens (including phenoxy) is 1. The molecule has 7 nitrogen and oxygen atoms in total. The van der Waals surface area contributed by atoms with E-state index < -0.39 is 10.0 Å². The van der Waals surface area contributed by atoms with Gasteiger partial charge < -0.3 is 9.64 Å². The van der Waals surface area contributed by atoms with Crippen LogP contribution in [0, 0.1) is 0 Å². The Hall–Kier alpha value is -1.77. The van der Waals surface area contributed by atoms with Crippen LogP contribution in [-0.2, 0) is 19.6 Å². The highest BCUT2D eigenvalue weighted by atomic mass is 32.2. The zero-order valence-corrected chi connectivity index (χ0v) is 13.1. The molecule has 120 valence electrons. The van der Waals surface area contributed by atoms with Crippen molar-refractivity contribution in [3.05, 3.63) is 29.8 Å². The number of carbonyl (C=O) groups excluding carboxylic acids is 2. The highest BCUT2D eigenvalue weighted by Crippen LogP contribution is 2.12. The van der Waals surface area contributed by atoms with Gasteiger partial charge >= 0.3 is 0 Å². The van der Waals surface area contributed by atoms with Gasteiger partial charge in [-0.05, 0) is 19.1 Å². The van der Waals surface area contributed by atoms with E-state index in [0.717, 1.165) is 0 Å². The molecule has 0 aliphatic carbocycles. The molecule has 1 heterocycles. The van der Waals surface area contributed by atoms with Crippen LogP contribution in [0.5, 0.6) is 0 Å². The van der Waals surface area contributed by atoms with Gasteiger partial charge in [-0.1, -0.05) is 12.1 Å². The lowest BCUT2D eigenvalue weighted by molar-refractivity contribution is -0.133. The summed E-state index contributed by atoms with van der Waals surface area (Å²) in [4.78, 5) is 24.8. The topological polar surface area (TPSA) is 92.8 Å². The van der Waals surface area contributed by atoms with Crippen molar-refractivity contribution in [1.29, 1.82) is 0 Å². The Labute approximate surface area is 129 Å². The Bertz CT molecular complexity index is 666. The van der Waals surface area contributed by atoms with E-state index in [1.165, 1.54) is 25.1 Å². The Balaban J connectivity index is 2.03. The van der Waals surface area contributed by atoms with E-state index in [9.17, 15) is 18.0 Å². The van der Waals surface area contributed by atoms with Gasteiger partial charge in [0.1, 0.15) is 0 Å². The van der Waals surface area contributed by atoms with E-state index in [2.05, 4.69) is 4.72 Å². The molecule has 0 aromatic heterocycles. The van der Waals surface area contributed by atoms with Crippen molar-refractivity contribution < 1.29 is 22.7 Å². The molecule has 1 aliphatic rings. The molecule has 8 heteroatoms. The van der Waals surface area contributed by atoms with Crippen LogP contribution in [0.3, 0.4) is 0 Å². The first-order valence-electron chi connectivity index (χ1n) is 6.86. The third kappa shape index (κ3) is 4.12. The predicted octanol–water partition coefficient (Wildman–Crippen LogP) is 0.0263. The SMILES string of the molecule is CC(=O)c1cccc(S(=O)(=O)NCC(=O)N2CCOCC2)c1. The fourth-order valence-corrected chi connectivity index (χ4v) is 3.07. The number of amides is 1. The van der Waals surface area contributed by atoms with Gasteiger partial charge in [-0.2, -0.15) is 0 Å². The minimum Gasteiger partial charge on any atom is -0.378 e. The number of nitrogens with zero attached hydrogens (tertiary/aromatic N) is 1. The molecular weight excluding hydrogens is 308 g/mol. The van der Waals surface area contributed by atoms with E-state index in [-0.39, 0.29) is 23.1 Å². The van der Waals surface area contributed by atoms with Crippen LogP contribution in [0.25, 0.3) is 0 Å². The summed E-state index contributed by atoms with van der Waals surface area (Å²) >= 11 is 0. The highest BCUT2D eigenvalue weighted by Gasteiger charge is 2.20. The molecule has 1 aromatic rings. The normalized spacial score (nSPS) is 15.6. The van der Waals surface area contributed by atoms with Crippen molar-refractivity contribution in [2.45, 2.75) is 11.8 Å². The molecular formula is C14H18N2O5S. The summed E-state index contributed by atoms with van der Waals surface area (Å²) in [6.45, 7) is 2.88. The summed E-state index contributed by atoms with van der Waals surface area (Å²) < 4.78 is 31.8. The van der Waals surface area contributed by atoms with Crippen LogP contribution >= 0.6 is 0 Å². The Morgan fingerprint density at radius 3 is 2.59 bits per heavy atom. The molecule has 0 bridgehead atoms. The maximum Gasteiger partial charge on any atom is 0.241 e. The van der Waals surface area contributed by atoms with Gasteiger partial charge in [-0.25, -0.2) is 13.1 Å². The Morgan fingerprint density at radius 2 is 1.95 bits per heavy atom. The zero-order valence-electron chi connectivity index (χ0n) is 12.2. The predicted molar refractivity (Wildman–Crippen MR) is 79.0 cm³/mol. The first-order chi connectivity index (χ1) is 10.4. The molecule has 2 rings (SSSR count). The van der Waals surface area contributed by atoms with Gasteiger partial charge in [0.05, 0.1) is 24.7 Å². The van der Waals surface area contributed by atoms with Crippen LogP contribution < -0.4 is 4.72 Å². The number of benzene rings is 1. The fraction of sp³-hybridized carbons (Fsp3) is 0.429. The Kier molecular flexibility index (Phi) is 5.28. The van der Waals surface area contributed by atoms with E-state index in [0.29, 0.717) is 31.9 Å². The highest BCUT2D eigenvalue weighted by molar-refractivity contribution is 7.89. The average molecular weight is 326 g/mol. The van der Waals surface area contributed by atoms with Gasteiger partial charge in [0.15, 0.2) is 5.78 Å². The van der Waals surface area contributed by atoms with Crippen molar-refractivity contribution in [1.82, 2.24) is 9.62 Å². The van der Waals surface area contributed by atoms with Crippen molar-refractivity contribution >= 4 is 21.7 Å². The summed E-state index contributed by atoms with van der Waals surface area (Å²) in [5.41, 5.74) is 0.308. The number of hydrogen-bond donors (Lipinski definition) is 1. The lowest BCUT2D eigenvalue weighted by atomic mass is 10.2. The minimum absolute atomic E-state index is 0.0324. The van der Waals surface area contributed by atoms with Crippen LogP contribution in [-0.4, -0.2) is 57.9 Å². The maximum absolute atomic E-state index is 12.2. The molecule has 1 amide bonds. The van der Waals surface area contributed by atoms with Gasteiger partial charge in [-0.3, -0.25) is 9.59 Å². The smallest absolute Gasteiger partial charge is 0.241 e. The lowest BCUT2D eigenvalue weighted by Gasteiger charge is -2.26. The monoisotopic (exact) mass is 326 g/mol. The number of morpholine rings is 1. The number of Topliss-reactive ketones (excluding diaryl/α,β-unsaturated/α-hetero) is 1. The molecule has 1 saturated heterocycles. The summed E-state index contributed by atoms with van der Waals surface area (Å²) in [7, 11) is -3.83. The van der Waals surface area contributed by atoms with Crippen molar-refractivity contribution in [2.75, 3.05) is 32.8 Å². The number of hydrogen-bond acceptors (Lipinski definition) is 5. The molecule has 0 spiro atoms. The quantitative estimate of drug-likeness (QED) is 0.771. The van der Waals surface area contributed by atoms with Crippen LogP contribution in [0.4, 0.5) is 0 Å². The van der Waals surface area contributed by atoms with Crippen molar-refractivity contribution in [2.24, 2.45) is 0 Å². The number of ketones is 1. The molecule has 1 aromatic carbocycles. The van der Waals surface area contributed by atoms with E-state index in [1.54, 1.807) is 11.0 Å². The van der Waals surface area contributed by atoms with Crippen molar-refractivity contribution in [3.8, 4) is 0 Å². The van der Waals surface area contributed by atoms with Gasteiger partial charge in [0.2, 0.25) is 15.9 Å². The fourth-order valence-electron chi connectivity index (χ4n) is 2.05. The zero-order chi connectivity index (χ0) is 16.2. The van der Waals surface area contributed by atoms with Gasteiger partial charge in [0.25, 0.3) is 0 Å². The minimum atomic E-state index is -3.83. The maximum atomic E-state index is 12.2. The Morgan fingerprint density at radius 1 is 1.27 bits per heavy atom. The standard InChI is InChI=1S/C14H18N2O5S/c1-11(17)12-3-2-4-13(9-12)22(19,20)15-10-14(18)16-5-7-21-8-6-16/h2-4,9,15H,5-8,10H2,1H3. The molecule has 0 unspecified atom stereocenters. The third-order valence-electron chi connectivity index (χ3n) is 3.33. The average Bonchev–Trinajstić information content (AvgIpc) is 2.53. The third-order valence-corrected chi connectivity index (χ3v) is 4.73. The van der Waals surface area contributed by atoms with Crippen molar-refractivity contribution in [3.63, 3.8) is 0 Å². The van der Waals surface area contributed by atoms with E-state index >= 15 is 0 Å². The lowest BCUT2D eigenvalue weighted by Crippen LogP contribution is -2.45. The van der Waals surface area contributed by atoms with E-state index in [4.69, 9.17) is 4.74 Å². The van der Waals surface area contributed by atoms with Crippen LogP contribution in [0.2, 0.25) is 0 Å². The molecule has 0 radical (unpaired) electrons. The van der Waals surface area contributed by atoms with E-state index in [1.807, 2.05) is 0 Å². The van der Waals surface area contributed by atoms with Crippen LogP contribution in [0.15, 0.2) is 29.2 Å². The molecule has 0 atom stereocenters. The molecule has 0 saturated carbocycles. The second-order valence-corrected chi connectivity index (χ2v) is 6.67. The largest absolute Gasteiger partial charge is 0.378 e. The number of carbonyl (C=O) groups is 2. The van der Waals surface area contributed by atoms with Crippen LogP contribution in [0.1, 0.15) is 17.3 Å². The first-order valence-corrected chi connectivity index (χ1v) is 8.34. The number of nitrogens with one attached hydrogen (secondary N) is 1. The summed E-state index contributed by atoms with van der Waals surface area (Å²) in [5, 5.41) is 0. The summed E-state index contributed by atoms with van der Waals surface area (Å²) in [6, 6.07) is 5.72. The second kappa shape index (κ2) is 6.99. The molecule has 1 N–H and O–H groups in total.